The third-order valence-corrected chi connectivity index (χ3v) is 6.70. The molecule has 1 aliphatic heterocycles. The molecule has 5 rings (SSSR count). The van der Waals surface area contributed by atoms with E-state index in [-0.39, 0.29) is 28.5 Å². The number of carbonyl (C=O) groups is 2. The second kappa shape index (κ2) is 10.5. The number of hydrogen-bond acceptors (Lipinski definition) is 5. The molecule has 1 aliphatic rings. The van der Waals surface area contributed by atoms with Crippen LogP contribution in [0.2, 0.25) is 10.0 Å². The Bertz CT molecular complexity index is 1510. The Hall–Kier alpha value is -4.13. The van der Waals surface area contributed by atoms with Gasteiger partial charge in [-0.3, -0.25) is 14.6 Å². The Morgan fingerprint density at radius 1 is 0.892 bits per heavy atom. The van der Waals surface area contributed by atoms with Crippen molar-refractivity contribution < 1.29 is 19.4 Å². The first kappa shape index (κ1) is 24.6. The van der Waals surface area contributed by atoms with Crippen molar-refractivity contribution in [3.8, 4) is 11.5 Å². The number of para-hydroxylation sites is 1. The molecule has 3 aromatic carbocycles. The summed E-state index contributed by atoms with van der Waals surface area (Å²) in [5.74, 6) is -0.716. The lowest BCUT2D eigenvalue weighted by atomic mass is 9.95. The average Bonchev–Trinajstić information content (AvgIpc) is 3.16. The summed E-state index contributed by atoms with van der Waals surface area (Å²) >= 11 is 12.2. The fraction of sp³-hybridized carbons (Fsp3) is 0.0690. The highest BCUT2D eigenvalue weighted by Crippen LogP contribution is 2.42. The number of nitrogens with zero attached hydrogens (tertiary/aromatic N) is 2. The molecule has 0 saturated carbocycles. The summed E-state index contributed by atoms with van der Waals surface area (Å²) in [6, 6.07) is 23.6. The van der Waals surface area contributed by atoms with Crippen LogP contribution in [0.15, 0.2) is 103 Å². The number of Topliss-reactive ketones (excluding diaryl/α,β-unsaturated/α-hetero) is 1. The first-order valence-electron chi connectivity index (χ1n) is 11.4. The number of carbonyl (C=O) groups excluding carboxylic acids is 2. The van der Waals surface area contributed by atoms with E-state index in [1.165, 1.54) is 17.0 Å². The molecule has 0 bridgehead atoms. The van der Waals surface area contributed by atoms with Crippen molar-refractivity contribution in [2.24, 2.45) is 0 Å². The van der Waals surface area contributed by atoms with Crippen molar-refractivity contribution >= 4 is 40.7 Å². The number of amides is 1. The van der Waals surface area contributed by atoms with Gasteiger partial charge in [0.25, 0.3) is 11.7 Å². The van der Waals surface area contributed by atoms with Gasteiger partial charge in [-0.25, -0.2) is 0 Å². The molecule has 0 radical (unpaired) electrons. The molecule has 1 saturated heterocycles. The standard InChI is InChI=1S/C29H20Cl2N2O4/c30-23-12-11-20(15-24(23)31)27(34)25-26(33(29(36)28(25)35)17-18-6-5-13-32-16-18)19-7-4-10-22(14-19)37-21-8-2-1-3-9-21/h1-16,26,34H,17H2/b27-25-. The number of halogens is 2. The zero-order chi connectivity index (χ0) is 25.9. The smallest absolute Gasteiger partial charge is 0.295 e. The van der Waals surface area contributed by atoms with Gasteiger partial charge in [0.15, 0.2) is 0 Å². The highest BCUT2D eigenvalue weighted by molar-refractivity contribution is 6.46. The Morgan fingerprint density at radius 2 is 1.68 bits per heavy atom. The number of aliphatic hydroxyl groups is 1. The van der Waals surface area contributed by atoms with Crippen molar-refractivity contribution in [1.29, 1.82) is 0 Å². The molecule has 1 fully saturated rings. The maximum Gasteiger partial charge on any atom is 0.295 e. The summed E-state index contributed by atoms with van der Waals surface area (Å²) in [6.45, 7) is 0.116. The van der Waals surface area contributed by atoms with Crippen molar-refractivity contribution in [3.05, 3.63) is 130 Å². The SMILES string of the molecule is O=C1C(=O)N(Cc2cccnc2)C(c2cccc(Oc3ccccc3)c2)/C1=C(/O)c1ccc(Cl)c(Cl)c1. The highest BCUT2D eigenvalue weighted by Gasteiger charge is 2.46. The number of benzene rings is 3. The maximum absolute atomic E-state index is 13.3. The van der Waals surface area contributed by atoms with Crippen molar-refractivity contribution in [2.75, 3.05) is 0 Å². The molecule has 1 amide bonds. The van der Waals surface area contributed by atoms with E-state index in [0.29, 0.717) is 22.1 Å². The van der Waals surface area contributed by atoms with Gasteiger partial charge in [0.1, 0.15) is 17.3 Å². The van der Waals surface area contributed by atoms with Gasteiger partial charge in [-0.05, 0) is 59.7 Å². The Balaban J connectivity index is 1.62. The number of likely N-dealkylation sites (tertiary alicyclic amines) is 1. The Kier molecular flexibility index (Phi) is 6.95. The molecule has 4 aromatic rings. The Labute approximate surface area is 223 Å². The number of pyridine rings is 1. The molecule has 0 spiro atoms. The van der Waals surface area contributed by atoms with E-state index in [1.807, 2.05) is 36.4 Å². The van der Waals surface area contributed by atoms with Crippen molar-refractivity contribution in [3.63, 3.8) is 0 Å². The van der Waals surface area contributed by atoms with Gasteiger partial charge in [-0.2, -0.15) is 0 Å². The second-order valence-electron chi connectivity index (χ2n) is 8.40. The molecule has 0 aliphatic carbocycles. The number of ketones is 1. The fourth-order valence-electron chi connectivity index (χ4n) is 4.25. The molecule has 6 nitrogen and oxygen atoms in total. The van der Waals surface area contributed by atoms with E-state index < -0.39 is 17.7 Å². The van der Waals surface area contributed by atoms with Crippen LogP contribution in [0.5, 0.6) is 11.5 Å². The van der Waals surface area contributed by atoms with Crippen LogP contribution in [-0.4, -0.2) is 26.7 Å². The van der Waals surface area contributed by atoms with Crippen LogP contribution < -0.4 is 4.74 Å². The van der Waals surface area contributed by atoms with Crippen LogP contribution in [0, 0.1) is 0 Å². The molecule has 1 atom stereocenters. The summed E-state index contributed by atoms with van der Waals surface area (Å²) in [6.07, 6.45) is 3.26. The maximum atomic E-state index is 13.3. The predicted molar refractivity (Wildman–Crippen MR) is 142 cm³/mol. The van der Waals surface area contributed by atoms with Gasteiger partial charge < -0.3 is 14.7 Å². The molecule has 184 valence electrons. The van der Waals surface area contributed by atoms with Gasteiger partial charge in [-0.15, -0.1) is 0 Å². The lowest BCUT2D eigenvalue weighted by Crippen LogP contribution is -2.29. The average molecular weight is 531 g/mol. The highest BCUT2D eigenvalue weighted by atomic mass is 35.5. The van der Waals surface area contributed by atoms with Crippen LogP contribution in [0.4, 0.5) is 0 Å². The topological polar surface area (TPSA) is 79.7 Å². The minimum Gasteiger partial charge on any atom is -0.507 e. The van der Waals surface area contributed by atoms with E-state index in [9.17, 15) is 14.7 Å². The molecule has 1 N–H and O–H groups in total. The van der Waals surface area contributed by atoms with Gasteiger partial charge in [0.2, 0.25) is 0 Å². The van der Waals surface area contributed by atoms with Crippen LogP contribution in [-0.2, 0) is 16.1 Å². The molecular weight excluding hydrogens is 511 g/mol. The quantitative estimate of drug-likeness (QED) is 0.168. The van der Waals surface area contributed by atoms with Gasteiger partial charge >= 0.3 is 0 Å². The summed E-state index contributed by atoms with van der Waals surface area (Å²) < 4.78 is 5.99. The molecule has 37 heavy (non-hydrogen) atoms. The summed E-state index contributed by atoms with van der Waals surface area (Å²) in [5, 5.41) is 11.8. The van der Waals surface area contributed by atoms with E-state index in [0.717, 1.165) is 5.56 Å². The molecule has 2 heterocycles. The second-order valence-corrected chi connectivity index (χ2v) is 9.22. The summed E-state index contributed by atoms with van der Waals surface area (Å²) in [4.78, 5) is 32.1. The third-order valence-electron chi connectivity index (χ3n) is 5.96. The lowest BCUT2D eigenvalue weighted by Gasteiger charge is -2.25. The lowest BCUT2D eigenvalue weighted by molar-refractivity contribution is -0.140. The first-order chi connectivity index (χ1) is 17.9. The van der Waals surface area contributed by atoms with Gasteiger partial charge in [0.05, 0.1) is 21.7 Å². The summed E-state index contributed by atoms with van der Waals surface area (Å²) in [5.41, 5.74) is 1.55. The normalized spacial score (nSPS) is 16.7. The molecule has 1 unspecified atom stereocenters. The minimum atomic E-state index is -0.881. The van der Waals surface area contributed by atoms with E-state index in [4.69, 9.17) is 27.9 Å². The summed E-state index contributed by atoms with van der Waals surface area (Å²) in [7, 11) is 0. The number of rotatable bonds is 6. The van der Waals surface area contributed by atoms with Crippen molar-refractivity contribution in [2.45, 2.75) is 12.6 Å². The molecular formula is C29H20Cl2N2O4. The minimum absolute atomic E-state index is 0.0517. The molecule has 1 aromatic heterocycles. The zero-order valence-electron chi connectivity index (χ0n) is 19.3. The fourth-order valence-corrected chi connectivity index (χ4v) is 4.55. The van der Waals surface area contributed by atoms with E-state index in [1.54, 1.807) is 48.8 Å². The number of aromatic nitrogens is 1. The molecule has 8 heteroatoms. The van der Waals surface area contributed by atoms with Crippen LogP contribution in [0.3, 0.4) is 0 Å². The van der Waals surface area contributed by atoms with Crippen LogP contribution in [0.25, 0.3) is 5.76 Å². The largest absolute Gasteiger partial charge is 0.507 e. The predicted octanol–water partition coefficient (Wildman–Crippen LogP) is 6.80. The van der Waals surface area contributed by atoms with Crippen LogP contribution in [0.1, 0.15) is 22.7 Å². The Morgan fingerprint density at radius 3 is 2.41 bits per heavy atom. The van der Waals surface area contributed by atoms with Gasteiger partial charge in [0, 0.05) is 24.5 Å². The number of ether oxygens (including phenoxy) is 1. The van der Waals surface area contributed by atoms with Gasteiger partial charge in [-0.1, -0.05) is 59.6 Å². The van der Waals surface area contributed by atoms with E-state index >= 15 is 0 Å². The number of aliphatic hydroxyl groups excluding tert-OH is 1. The zero-order valence-corrected chi connectivity index (χ0v) is 20.9. The first-order valence-corrected chi connectivity index (χ1v) is 12.1. The monoisotopic (exact) mass is 530 g/mol. The van der Waals surface area contributed by atoms with Crippen LogP contribution >= 0.6 is 23.2 Å². The third kappa shape index (κ3) is 5.07. The van der Waals surface area contributed by atoms with Crippen molar-refractivity contribution in [1.82, 2.24) is 9.88 Å². The number of hydrogen-bond donors (Lipinski definition) is 1. The van der Waals surface area contributed by atoms with E-state index in [2.05, 4.69) is 4.98 Å².